The van der Waals surface area contributed by atoms with E-state index in [1.165, 1.54) is 43.5 Å². The fourth-order valence-electron chi connectivity index (χ4n) is 2.13. The van der Waals surface area contributed by atoms with Crippen molar-refractivity contribution in [1.29, 1.82) is 0 Å². The van der Waals surface area contributed by atoms with Crippen molar-refractivity contribution < 1.29 is 28.8 Å². The van der Waals surface area contributed by atoms with Crippen molar-refractivity contribution in [3.05, 3.63) is 58.1 Å². The molecule has 0 saturated carbocycles. The highest BCUT2D eigenvalue weighted by Gasteiger charge is 2.18. The minimum absolute atomic E-state index is 0.0614. The lowest BCUT2D eigenvalue weighted by molar-refractivity contribution is -0.384. The van der Waals surface area contributed by atoms with Crippen LogP contribution in [0, 0.1) is 10.1 Å². The van der Waals surface area contributed by atoms with Gasteiger partial charge < -0.3 is 25.8 Å². The fourth-order valence-corrected chi connectivity index (χ4v) is 2.13. The van der Waals surface area contributed by atoms with Crippen LogP contribution in [0.1, 0.15) is 10.4 Å². The fraction of sp³-hybridized carbons (Fsp3) is 0.118. The average molecular weight is 388 g/mol. The Balaban J connectivity index is 1.96. The smallest absolute Gasteiger partial charge is 0.338 e. The molecule has 0 radical (unpaired) electrons. The van der Waals surface area contributed by atoms with Gasteiger partial charge in [0.05, 0.1) is 23.7 Å². The first kappa shape index (κ1) is 20.2. The van der Waals surface area contributed by atoms with Crippen LogP contribution in [0.3, 0.4) is 0 Å². The molecule has 2 aromatic rings. The van der Waals surface area contributed by atoms with E-state index in [0.29, 0.717) is 5.69 Å². The van der Waals surface area contributed by atoms with Crippen LogP contribution < -0.4 is 21.1 Å². The Hall–Kier alpha value is -4.15. The van der Waals surface area contributed by atoms with Gasteiger partial charge in [-0.05, 0) is 36.4 Å². The molecule has 28 heavy (non-hydrogen) atoms. The lowest BCUT2D eigenvalue weighted by Gasteiger charge is -2.08. The van der Waals surface area contributed by atoms with Gasteiger partial charge in [-0.1, -0.05) is 0 Å². The summed E-state index contributed by atoms with van der Waals surface area (Å²) >= 11 is 0. The zero-order valence-electron chi connectivity index (χ0n) is 14.6. The summed E-state index contributed by atoms with van der Waals surface area (Å²) < 4.78 is 9.78. The van der Waals surface area contributed by atoms with Gasteiger partial charge in [0, 0.05) is 5.69 Å². The van der Waals surface area contributed by atoms with Gasteiger partial charge in [-0.25, -0.2) is 9.59 Å². The molecule has 0 spiro atoms. The number of amides is 3. The van der Waals surface area contributed by atoms with Crippen molar-refractivity contribution in [2.75, 3.05) is 24.4 Å². The lowest BCUT2D eigenvalue weighted by atomic mass is 10.2. The molecule has 3 amide bonds. The Morgan fingerprint density at radius 3 is 2.36 bits per heavy atom. The Morgan fingerprint density at radius 2 is 1.79 bits per heavy atom. The van der Waals surface area contributed by atoms with Gasteiger partial charge in [0.15, 0.2) is 6.61 Å². The predicted molar refractivity (Wildman–Crippen MR) is 98.2 cm³/mol. The number of primary amides is 1. The standard InChI is InChI=1S/C17H16N4O7/c1-27-12-6-7-13(14(8-12)21(25)26)20-15(22)9-28-16(23)10-2-4-11(5-3-10)19-17(18)24/h2-8H,9H2,1H3,(H,20,22)(H3,18,19,24). The van der Waals surface area contributed by atoms with Crippen molar-refractivity contribution in [3.63, 3.8) is 0 Å². The molecule has 0 saturated heterocycles. The molecule has 146 valence electrons. The number of nitro groups is 1. The van der Waals surface area contributed by atoms with Crippen LogP contribution in [0.4, 0.5) is 21.9 Å². The van der Waals surface area contributed by atoms with Crippen LogP contribution >= 0.6 is 0 Å². The molecule has 4 N–H and O–H groups in total. The number of urea groups is 1. The molecule has 0 heterocycles. The van der Waals surface area contributed by atoms with E-state index in [0.717, 1.165) is 6.07 Å². The Morgan fingerprint density at radius 1 is 1.11 bits per heavy atom. The molecule has 0 unspecified atom stereocenters. The number of carbonyl (C=O) groups is 3. The van der Waals surface area contributed by atoms with E-state index >= 15 is 0 Å². The van der Waals surface area contributed by atoms with Gasteiger partial charge in [-0.2, -0.15) is 0 Å². The molecule has 0 fully saturated rings. The summed E-state index contributed by atoms with van der Waals surface area (Å²) in [4.78, 5) is 45.1. The van der Waals surface area contributed by atoms with Gasteiger partial charge in [0.1, 0.15) is 11.4 Å². The summed E-state index contributed by atoms with van der Waals surface area (Å²) in [7, 11) is 1.35. The number of rotatable bonds is 7. The highest BCUT2D eigenvalue weighted by molar-refractivity contribution is 5.97. The molecule has 11 heteroatoms. The van der Waals surface area contributed by atoms with Crippen LogP contribution in [0.5, 0.6) is 5.75 Å². The van der Waals surface area contributed by atoms with Crippen LogP contribution in [0.25, 0.3) is 0 Å². The number of nitro benzene ring substituents is 1. The molecular weight excluding hydrogens is 372 g/mol. The van der Waals surface area contributed by atoms with Crippen molar-refractivity contribution in [2.45, 2.75) is 0 Å². The predicted octanol–water partition coefficient (Wildman–Crippen LogP) is 1.89. The Kier molecular flexibility index (Phi) is 6.47. The second-order valence-electron chi connectivity index (χ2n) is 5.33. The van der Waals surface area contributed by atoms with E-state index in [9.17, 15) is 24.5 Å². The average Bonchev–Trinajstić information content (AvgIpc) is 2.66. The van der Waals surface area contributed by atoms with Gasteiger partial charge in [-0.15, -0.1) is 0 Å². The molecule has 0 aliphatic rings. The Labute approximate surface area is 158 Å². The first-order chi connectivity index (χ1) is 13.3. The van der Waals surface area contributed by atoms with E-state index in [4.69, 9.17) is 15.2 Å². The van der Waals surface area contributed by atoms with Crippen molar-refractivity contribution >= 4 is 35.0 Å². The molecule has 2 aromatic carbocycles. The van der Waals surface area contributed by atoms with Crippen molar-refractivity contribution in [2.24, 2.45) is 5.73 Å². The lowest BCUT2D eigenvalue weighted by Crippen LogP contribution is -2.21. The molecule has 2 rings (SSSR count). The highest BCUT2D eigenvalue weighted by atomic mass is 16.6. The summed E-state index contributed by atoms with van der Waals surface area (Å²) in [5.74, 6) is -1.29. The molecule has 0 aliphatic carbocycles. The van der Waals surface area contributed by atoms with E-state index in [2.05, 4.69) is 10.6 Å². The number of nitrogens with one attached hydrogen (secondary N) is 2. The zero-order chi connectivity index (χ0) is 20.7. The van der Waals surface area contributed by atoms with Crippen LogP contribution in [-0.2, 0) is 9.53 Å². The van der Waals surface area contributed by atoms with E-state index in [-0.39, 0.29) is 22.7 Å². The Bertz CT molecular complexity index is 912. The SMILES string of the molecule is COc1ccc(NC(=O)COC(=O)c2ccc(NC(N)=O)cc2)c([N+](=O)[O-])c1. The van der Waals surface area contributed by atoms with E-state index in [1.54, 1.807) is 0 Å². The van der Waals surface area contributed by atoms with E-state index < -0.39 is 29.4 Å². The third-order valence-corrected chi connectivity index (χ3v) is 3.40. The highest BCUT2D eigenvalue weighted by Crippen LogP contribution is 2.28. The molecule has 0 bridgehead atoms. The largest absolute Gasteiger partial charge is 0.496 e. The number of nitrogens with zero attached hydrogens (tertiary/aromatic N) is 1. The number of carbonyl (C=O) groups excluding carboxylic acids is 3. The minimum atomic E-state index is -0.787. The topological polar surface area (TPSA) is 163 Å². The summed E-state index contributed by atoms with van der Waals surface area (Å²) in [5, 5.41) is 15.7. The first-order valence-corrected chi connectivity index (χ1v) is 7.76. The van der Waals surface area contributed by atoms with Crippen LogP contribution in [-0.4, -0.2) is 36.5 Å². The summed E-state index contributed by atoms with van der Waals surface area (Å²) in [6.07, 6.45) is 0. The van der Waals surface area contributed by atoms with Gasteiger partial charge in [0.25, 0.3) is 11.6 Å². The maximum atomic E-state index is 12.0. The van der Waals surface area contributed by atoms with Gasteiger partial charge in [0.2, 0.25) is 0 Å². The number of esters is 1. The third-order valence-electron chi connectivity index (χ3n) is 3.40. The number of nitrogens with two attached hydrogens (primary N) is 1. The summed E-state index contributed by atoms with van der Waals surface area (Å²) in [5.41, 5.74) is 5.07. The van der Waals surface area contributed by atoms with E-state index in [1.807, 2.05) is 0 Å². The number of hydrogen-bond acceptors (Lipinski definition) is 7. The minimum Gasteiger partial charge on any atom is -0.496 e. The van der Waals surface area contributed by atoms with Crippen LogP contribution in [0.2, 0.25) is 0 Å². The second kappa shape index (κ2) is 8.98. The number of ether oxygens (including phenoxy) is 2. The molecule has 11 nitrogen and oxygen atoms in total. The summed E-state index contributed by atoms with van der Waals surface area (Å²) in [6.45, 7) is -0.649. The quantitative estimate of drug-likeness (QED) is 0.370. The van der Waals surface area contributed by atoms with Gasteiger partial charge >= 0.3 is 12.0 Å². The number of methoxy groups -OCH3 is 1. The summed E-state index contributed by atoms with van der Waals surface area (Å²) in [6, 6.07) is 8.77. The zero-order valence-corrected chi connectivity index (χ0v) is 14.6. The van der Waals surface area contributed by atoms with Crippen LogP contribution in [0.15, 0.2) is 42.5 Å². The van der Waals surface area contributed by atoms with Gasteiger partial charge in [-0.3, -0.25) is 14.9 Å². The molecular formula is C17H16N4O7. The second-order valence-corrected chi connectivity index (χ2v) is 5.33. The normalized spacial score (nSPS) is 9.89. The molecule has 0 aliphatic heterocycles. The van der Waals surface area contributed by atoms with Crippen molar-refractivity contribution in [1.82, 2.24) is 0 Å². The number of anilines is 2. The maximum absolute atomic E-state index is 12.0. The number of benzene rings is 2. The molecule has 0 atom stereocenters. The third kappa shape index (κ3) is 5.42. The monoisotopic (exact) mass is 388 g/mol. The van der Waals surface area contributed by atoms with Crippen molar-refractivity contribution in [3.8, 4) is 5.75 Å². The maximum Gasteiger partial charge on any atom is 0.338 e. The molecule has 0 aromatic heterocycles. The number of hydrogen-bond donors (Lipinski definition) is 3. The first-order valence-electron chi connectivity index (χ1n) is 7.76.